The molecule has 2 aromatic rings. The highest BCUT2D eigenvalue weighted by molar-refractivity contribution is 9.10. The van der Waals surface area contributed by atoms with E-state index in [1.54, 1.807) is 6.07 Å². The minimum absolute atomic E-state index is 0.0645. The monoisotopic (exact) mass is 399 g/mol. The number of nitrogens with one attached hydrogen (secondary N) is 2. The van der Waals surface area contributed by atoms with Crippen LogP contribution < -0.4 is 4.72 Å². The molecular formula is C10H8BrCl2N3O3S. The molecule has 0 amide bonds. The first-order chi connectivity index (χ1) is 9.36. The van der Waals surface area contributed by atoms with Crippen LogP contribution in [0.5, 0.6) is 0 Å². The summed E-state index contributed by atoms with van der Waals surface area (Å²) < 4.78 is 27.2. The van der Waals surface area contributed by atoms with Crippen LogP contribution in [0.4, 0.5) is 5.69 Å². The number of aromatic nitrogens is 2. The number of aliphatic hydroxyl groups is 1. The number of hydrogen-bond acceptors (Lipinski definition) is 4. The molecule has 1 heterocycles. The molecule has 0 aliphatic carbocycles. The van der Waals surface area contributed by atoms with E-state index >= 15 is 0 Å². The van der Waals surface area contributed by atoms with Gasteiger partial charge in [-0.1, -0.05) is 23.2 Å². The molecule has 0 aliphatic rings. The summed E-state index contributed by atoms with van der Waals surface area (Å²) in [6, 6.07) is 3.02. The van der Waals surface area contributed by atoms with Crippen molar-refractivity contribution >= 4 is 54.8 Å². The second kappa shape index (κ2) is 5.90. The van der Waals surface area contributed by atoms with Crippen LogP contribution in [0.2, 0.25) is 10.0 Å². The molecule has 2 rings (SSSR count). The van der Waals surface area contributed by atoms with Crippen LogP contribution in [0.1, 0.15) is 5.56 Å². The lowest BCUT2D eigenvalue weighted by Gasteiger charge is -2.10. The van der Waals surface area contributed by atoms with Crippen molar-refractivity contribution in [3.8, 4) is 0 Å². The molecule has 0 radical (unpaired) electrons. The molecule has 10 heteroatoms. The second-order valence-electron chi connectivity index (χ2n) is 3.71. The summed E-state index contributed by atoms with van der Waals surface area (Å²) >= 11 is 15.1. The molecule has 6 nitrogen and oxygen atoms in total. The Morgan fingerprint density at radius 3 is 2.70 bits per heavy atom. The highest BCUT2D eigenvalue weighted by Crippen LogP contribution is 2.36. The maximum Gasteiger partial charge on any atom is 0.279 e. The van der Waals surface area contributed by atoms with Gasteiger partial charge in [0.2, 0.25) is 0 Å². The summed E-state index contributed by atoms with van der Waals surface area (Å²) in [6.45, 7) is -0.457. The third kappa shape index (κ3) is 2.94. The molecule has 0 unspecified atom stereocenters. The molecule has 0 atom stereocenters. The Morgan fingerprint density at radius 2 is 2.05 bits per heavy atom. The van der Waals surface area contributed by atoms with Crippen molar-refractivity contribution in [2.45, 2.75) is 11.6 Å². The predicted molar refractivity (Wildman–Crippen MR) is 79.5 cm³/mol. The SMILES string of the molecule is O=S(=O)(Nc1ccc(Br)c(Cl)c1Cl)c1[nH]ncc1CO. The van der Waals surface area contributed by atoms with E-state index in [-0.39, 0.29) is 26.3 Å². The van der Waals surface area contributed by atoms with Crippen molar-refractivity contribution in [1.82, 2.24) is 10.2 Å². The van der Waals surface area contributed by atoms with Gasteiger partial charge < -0.3 is 5.11 Å². The number of aromatic amines is 1. The highest BCUT2D eigenvalue weighted by atomic mass is 79.9. The van der Waals surface area contributed by atoms with Crippen LogP contribution in [0, 0.1) is 0 Å². The Hall–Kier alpha value is -0.800. The number of sulfonamides is 1. The summed E-state index contributed by atoms with van der Waals surface area (Å²) in [5.41, 5.74) is 0.273. The smallest absolute Gasteiger partial charge is 0.279 e. The molecule has 108 valence electrons. The maximum absolute atomic E-state index is 12.2. The molecule has 0 saturated heterocycles. The van der Waals surface area contributed by atoms with Gasteiger partial charge in [-0.15, -0.1) is 0 Å². The van der Waals surface area contributed by atoms with Crippen LogP contribution in [0.25, 0.3) is 0 Å². The molecule has 0 fully saturated rings. The number of nitrogens with zero attached hydrogens (tertiary/aromatic N) is 1. The first kappa shape index (κ1) is 15.6. The van der Waals surface area contributed by atoms with Crippen molar-refractivity contribution in [2.24, 2.45) is 0 Å². The summed E-state index contributed by atoms with van der Waals surface area (Å²) in [5.74, 6) is 0. The van der Waals surface area contributed by atoms with E-state index < -0.39 is 16.6 Å². The van der Waals surface area contributed by atoms with Crippen LogP contribution in [-0.4, -0.2) is 23.7 Å². The Labute approximate surface area is 133 Å². The molecule has 0 aliphatic heterocycles. The molecule has 1 aromatic heterocycles. The normalized spacial score (nSPS) is 11.6. The Kier molecular flexibility index (Phi) is 4.60. The molecular weight excluding hydrogens is 393 g/mol. The van der Waals surface area contributed by atoms with Gasteiger partial charge in [-0.05, 0) is 28.1 Å². The fraction of sp³-hybridized carbons (Fsp3) is 0.100. The van der Waals surface area contributed by atoms with Gasteiger partial charge in [-0.2, -0.15) is 13.5 Å². The average Bonchev–Trinajstić information content (AvgIpc) is 2.89. The first-order valence-electron chi connectivity index (χ1n) is 5.16. The Balaban J connectivity index is 2.42. The highest BCUT2D eigenvalue weighted by Gasteiger charge is 2.22. The summed E-state index contributed by atoms with van der Waals surface area (Å²) in [5, 5.41) is 15.0. The van der Waals surface area contributed by atoms with E-state index in [1.165, 1.54) is 12.3 Å². The third-order valence-electron chi connectivity index (χ3n) is 2.40. The van der Waals surface area contributed by atoms with Gasteiger partial charge in [-0.25, -0.2) is 0 Å². The maximum atomic E-state index is 12.2. The van der Waals surface area contributed by atoms with Gasteiger partial charge in [0, 0.05) is 10.0 Å². The van der Waals surface area contributed by atoms with E-state index in [0.29, 0.717) is 4.47 Å². The number of aliphatic hydroxyl groups excluding tert-OH is 1. The van der Waals surface area contributed by atoms with Gasteiger partial charge in [0.15, 0.2) is 5.03 Å². The molecule has 0 spiro atoms. The van der Waals surface area contributed by atoms with Crippen molar-refractivity contribution < 1.29 is 13.5 Å². The number of rotatable bonds is 4. The van der Waals surface area contributed by atoms with E-state index in [0.717, 1.165) is 0 Å². The molecule has 0 bridgehead atoms. The zero-order valence-electron chi connectivity index (χ0n) is 9.69. The van der Waals surface area contributed by atoms with Gasteiger partial charge in [-0.3, -0.25) is 9.82 Å². The van der Waals surface area contributed by atoms with Crippen molar-refractivity contribution in [3.63, 3.8) is 0 Å². The van der Waals surface area contributed by atoms with Crippen molar-refractivity contribution in [3.05, 3.63) is 38.4 Å². The Morgan fingerprint density at radius 1 is 1.35 bits per heavy atom. The largest absolute Gasteiger partial charge is 0.392 e. The number of H-pyrrole nitrogens is 1. The van der Waals surface area contributed by atoms with Gasteiger partial charge in [0.25, 0.3) is 10.0 Å². The van der Waals surface area contributed by atoms with E-state index in [4.69, 9.17) is 28.3 Å². The minimum Gasteiger partial charge on any atom is -0.392 e. The lowest BCUT2D eigenvalue weighted by Crippen LogP contribution is -2.15. The minimum atomic E-state index is -3.95. The fourth-order valence-corrected chi connectivity index (χ4v) is 3.52. The Bertz CT molecular complexity index is 748. The van der Waals surface area contributed by atoms with Crippen molar-refractivity contribution in [1.29, 1.82) is 0 Å². The molecule has 1 aromatic carbocycles. The topological polar surface area (TPSA) is 95.1 Å². The number of anilines is 1. The fourth-order valence-electron chi connectivity index (χ4n) is 1.45. The van der Waals surface area contributed by atoms with Crippen LogP contribution in [-0.2, 0) is 16.6 Å². The summed E-state index contributed by atoms with van der Waals surface area (Å²) in [7, 11) is -3.95. The molecule has 0 saturated carbocycles. The van der Waals surface area contributed by atoms with E-state index in [2.05, 4.69) is 30.8 Å². The number of hydrogen-bond donors (Lipinski definition) is 3. The predicted octanol–water partition coefficient (Wildman–Crippen LogP) is 2.77. The van der Waals surface area contributed by atoms with Crippen molar-refractivity contribution in [2.75, 3.05) is 4.72 Å². The molecule has 20 heavy (non-hydrogen) atoms. The van der Waals surface area contributed by atoms with Gasteiger partial charge in [0.05, 0.1) is 28.5 Å². The van der Waals surface area contributed by atoms with Crippen LogP contribution in [0.15, 0.2) is 27.8 Å². The number of halogens is 3. The average molecular weight is 401 g/mol. The standard InChI is InChI=1S/C10H8BrCl2N3O3S/c11-6-1-2-7(9(13)8(6)12)16-20(18,19)10-5(4-17)3-14-15-10/h1-3,16-17H,4H2,(H,14,15). The lowest BCUT2D eigenvalue weighted by molar-refractivity contribution is 0.278. The van der Waals surface area contributed by atoms with E-state index in [1.807, 2.05) is 0 Å². The van der Waals surface area contributed by atoms with E-state index in [9.17, 15) is 8.42 Å². The summed E-state index contributed by atoms with van der Waals surface area (Å²) in [6.07, 6.45) is 1.23. The third-order valence-corrected chi connectivity index (χ3v) is 5.55. The first-order valence-corrected chi connectivity index (χ1v) is 8.19. The van der Waals surface area contributed by atoms with Crippen LogP contribution >= 0.6 is 39.1 Å². The quantitative estimate of drug-likeness (QED) is 0.687. The zero-order chi connectivity index (χ0) is 14.9. The number of benzene rings is 1. The van der Waals surface area contributed by atoms with Gasteiger partial charge >= 0.3 is 0 Å². The lowest BCUT2D eigenvalue weighted by atomic mass is 10.3. The summed E-state index contributed by atoms with van der Waals surface area (Å²) in [4.78, 5) is 0. The van der Waals surface area contributed by atoms with Gasteiger partial charge in [0.1, 0.15) is 0 Å². The van der Waals surface area contributed by atoms with Crippen LogP contribution in [0.3, 0.4) is 0 Å². The molecule has 3 N–H and O–H groups in total. The second-order valence-corrected chi connectivity index (χ2v) is 6.94. The zero-order valence-corrected chi connectivity index (χ0v) is 13.6.